The zero-order chi connectivity index (χ0) is 26.2. The second-order valence-corrected chi connectivity index (χ2v) is 9.64. The number of rotatable bonds is 6. The molecule has 188 valence electrons. The molecule has 0 saturated carbocycles. The summed E-state index contributed by atoms with van der Waals surface area (Å²) >= 11 is 0. The van der Waals surface area contributed by atoms with Gasteiger partial charge in [-0.2, -0.15) is 5.10 Å². The van der Waals surface area contributed by atoms with Crippen LogP contribution in [0.4, 0.5) is 5.69 Å². The molecule has 0 radical (unpaired) electrons. The van der Waals surface area contributed by atoms with Gasteiger partial charge in [0.05, 0.1) is 19.3 Å². The van der Waals surface area contributed by atoms with Crippen LogP contribution in [0.25, 0.3) is 11.3 Å². The van der Waals surface area contributed by atoms with Gasteiger partial charge in [-0.1, -0.05) is 66.2 Å². The first-order valence-electron chi connectivity index (χ1n) is 12.3. The number of aryl methyl sites for hydroxylation is 2. The molecular formula is C30H30N4O3. The van der Waals surface area contributed by atoms with Crippen LogP contribution in [0, 0.1) is 13.8 Å². The van der Waals surface area contributed by atoms with E-state index in [1.807, 2.05) is 86.6 Å². The van der Waals surface area contributed by atoms with Gasteiger partial charge in [-0.25, -0.2) is 0 Å². The number of carbonyl (C=O) groups excluding carboxylic acids is 2. The molecule has 0 aliphatic carbocycles. The highest BCUT2D eigenvalue weighted by Crippen LogP contribution is 2.36. The van der Waals surface area contributed by atoms with E-state index in [9.17, 15) is 9.59 Å². The van der Waals surface area contributed by atoms with Crippen LogP contribution in [-0.4, -0.2) is 34.2 Å². The van der Waals surface area contributed by atoms with Crippen LogP contribution in [0.2, 0.25) is 0 Å². The summed E-state index contributed by atoms with van der Waals surface area (Å²) in [5.74, 6) is 0.165. The third-order valence-corrected chi connectivity index (χ3v) is 6.94. The van der Waals surface area contributed by atoms with Gasteiger partial charge in [0, 0.05) is 23.4 Å². The van der Waals surface area contributed by atoms with Gasteiger partial charge in [0.1, 0.15) is 17.0 Å². The maximum Gasteiger partial charge on any atom is 0.277 e. The molecule has 1 aromatic heterocycles. The van der Waals surface area contributed by atoms with Crippen molar-refractivity contribution in [3.63, 3.8) is 0 Å². The van der Waals surface area contributed by atoms with E-state index in [1.165, 1.54) is 0 Å². The standard InChI is InChI=1S/C30H30N4O3/c1-20-14-15-25(21(2)16-20)34-28(35)26-17-24(22-10-6-5-7-11-22)32-33(26)19-30(34,3)29(36)31-18-23-12-8-9-13-27(23)37-4/h5-17H,18-19H2,1-4H3,(H,31,36)/t30-/m1/s1. The fourth-order valence-corrected chi connectivity index (χ4v) is 4.98. The smallest absolute Gasteiger partial charge is 0.277 e. The van der Waals surface area contributed by atoms with Crippen molar-refractivity contribution in [2.24, 2.45) is 0 Å². The lowest BCUT2D eigenvalue weighted by molar-refractivity contribution is -0.126. The van der Waals surface area contributed by atoms with Crippen molar-refractivity contribution in [2.75, 3.05) is 12.0 Å². The Morgan fingerprint density at radius 1 is 1.03 bits per heavy atom. The number of methoxy groups -OCH3 is 1. The molecule has 1 aliphatic rings. The third kappa shape index (κ3) is 4.37. The molecule has 0 spiro atoms. The molecule has 5 rings (SSSR count). The van der Waals surface area contributed by atoms with Gasteiger partial charge >= 0.3 is 0 Å². The SMILES string of the molecule is COc1ccccc1CNC(=O)[C@@]1(C)Cn2nc(-c3ccccc3)cc2C(=O)N1c1ccc(C)cc1C. The van der Waals surface area contributed by atoms with Gasteiger partial charge in [0.15, 0.2) is 0 Å². The minimum Gasteiger partial charge on any atom is -0.496 e. The summed E-state index contributed by atoms with van der Waals surface area (Å²) in [5.41, 5.74) is 4.42. The Labute approximate surface area is 216 Å². The number of carbonyl (C=O) groups is 2. The number of hydrogen-bond acceptors (Lipinski definition) is 4. The summed E-state index contributed by atoms with van der Waals surface area (Å²) in [6.07, 6.45) is 0. The Hall–Kier alpha value is -4.39. The van der Waals surface area contributed by atoms with E-state index in [4.69, 9.17) is 9.84 Å². The average Bonchev–Trinajstić information content (AvgIpc) is 3.33. The summed E-state index contributed by atoms with van der Waals surface area (Å²) in [7, 11) is 1.60. The molecule has 1 atom stereocenters. The number of benzene rings is 3. The van der Waals surface area contributed by atoms with Crippen LogP contribution >= 0.6 is 0 Å². The van der Waals surface area contributed by atoms with Crippen molar-refractivity contribution >= 4 is 17.5 Å². The molecule has 0 saturated heterocycles. The largest absolute Gasteiger partial charge is 0.496 e. The van der Waals surface area contributed by atoms with Crippen molar-refractivity contribution < 1.29 is 14.3 Å². The molecule has 7 heteroatoms. The van der Waals surface area contributed by atoms with Gasteiger partial charge in [0.25, 0.3) is 5.91 Å². The van der Waals surface area contributed by atoms with E-state index < -0.39 is 5.54 Å². The molecule has 0 bridgehead atoms. The van der Waals surface area contributed by atoms with Crippen LogP contribution in [0.3, 0.4) is 0 Å². The molecule has 7 nitrogen and oxygen atoms in total. The second kappa shape index (κ2) is 9.58. The van der Waals surface area contributed by atoms with Crippen LogP contribution < -0.4 is 15.0 Å². The summed E-state index contributed by atoms with van der Waals surface area (Å²) in [6.45, 7) is 6.26. The first kappa shape index (κ1) is 24.3. The molecule has 2 heterocycles. The number of para-hydroxylation sites is 1. The van der Waals surface area contributed by atoms with Crippen LogP contribution in [0.15, 0.2) is 78.9 Å². The van der Waals surface area contributed by atoms with Gasteiger partial charge in [-0.05, 0) is 44.5 Å². The lowest BCUT2D eigenvalue weighted by Crippen LogP contribution is -2.64. The Balaban J connectivity index is 1.56. The fourth-order valence-electron chi connectivity index (χ4n) is 4.98. The highest BCUT2D eigenvalue weighted by Gasteiger charge is 2.49. The molecule has 37 heavy (non-hydrogen) atoms. The van der Waals surface area contributed by atoms with Crippen molar-refractivity contribution in [2.45, 2.75) is 39.4 Å². The van der Waals surface area contributed by atoms with Gasteiger partial charge < -0.3 is 10.1 Å². The minimum atomic E-state index is -1.22. The zero-order valence-corrected chi connectivity index (χ0v) is 21.5. The van der Waals surface area contributed by atoms with E-state index in [0.717, 1.165) is 22.3 Å². The number of aromatic nitrogens is 2. The Morgan fingerprint density at radius 2 is 1.76 bits per heavy atom. The number of ether oxygens (including phenoxy) is 1. The summed E-state index contributed by atoms with van der Waals surface area (Å²) < 4.78 is 7.10. The molecular weight excluding hydrogens is 464 g/mol. The van der Waals surface area contributed by atoms with Gasteiger partial charge in [-0.15, -0.1) is 0 Å². The first-order valence-corrected chi connectivity index (χ1v) is 12.3. The maximum absolute atomic E-state index is 14.1. The summed E-state index contributed by atoms with van der Waals surface area (Å²) in [6, 6.07) is 25.0. The molecule has 3 aromatic carbocycles. The monoisotopic (exact) mass is 494 g/mol. The van der Waals surface area contributed by atoms with Crippen molar-refractivity contribution in [1.82, 2.24) is 15.1 Å². The first-order chi connectivity index (χ1) is 17.8. The van der Waals surface area contributed by atoms with E-state index in [2.05, 4.69) is 5.32 Å². The number of anilines is 1. The molecule has 2 amide bonds. The molecule has 4 aromatic rings. The Bertz CT molecular complexity index is 1480. The summed E-state index contributed by atoms with van der Waals surface area (Å²) in [5, 5.41) is 7.78. The van der Waals surface area contributed by atoms with E-state index in [1.54, 1.807) is 29.7 Å². The Kier molecular flexibility index (Phi) is 6.29. The zero-order valence-electron chi connectivity index (χ0n) is 21.5. The number of fused-ring (bicyclic) bond motifs is 1. The number of hydrogen-bond donors (Lipinski definition) is 1. The van der Waals surface area contributed by atoms with Gasteiger partial charge in [0.2, 0.25) is 5.91 Å². The fraction of sp³-hybridized carbons (Fsp3) is 0.233. The molecule has 1 aliphatic heterocycles. The van der Waals surface area contributed by atoms with E-state index >= 15 is 0 Å². The second-order valence-electron chi connectivity index (χ2n) is 9.64. The summed E-state index contributed by atoms with van der Waals surface area (Å²) in [4.78, 5) is 29.6. The van der Waals surface area contributed by atoms with E-state index in [-0.39, 0.29) is 24.9 Å². The maximum atomic E-state index is 14.1. The predicted octanol–water partition coefficient (Wildman–Crippen LogP) is 4.91. The van der Waals surface area contributed by atoms with Crippen LogP contribution in [-0.2, 0) is 17.9 Å². The highest BCUT2D eigenvalue weighted by atomic mass is 16.5. The number of amides is 2. The minimum absolute atomic E-state index is 0.214. The van der Waals surface area contributed by atoms with Crippen molar-refractivity contribution in [1.29, 1.82) is 0 Å². The van der Waals surface area contributed by atoms with Crippen molar-refractivity contribution in [3.8, 4) is 17.0 Å². The molecule has 0 unspecified atom stereocenters. The third-order valence-electron chi connectivity index (χ3n) is 6.94. The van der Waals surface area contributed by atoms with Crippen molar-refractivity contribution in [3.05, 3.63) is 101 Å². The Morgan fingerprint density at radius 3 is 2.49 bits per heavy atom. The highest BCUT2D eigenvalue weighted by molar-refractivity contribution is 6.12. The molecule has 1 N–H and O–H groups in total. The lowest BCUT2D eigenvalue weighted by Gasteiger charge is -2.43. The van der Waals surface area contributed by atoms with Crippen LogP contribution in [0.1, 0.15) is 34.1 Å². The quantitative estimate of drug-likeness (QED) is 0.413. The predicted molar refractivity (Wildman–Crippen MR) is 144 cm³/mol. The number of nitrogens with zero attached hydrogens (tertiary/aromatic N) is 3. The normalized spacial score (nSPS) is 16.9. The van der Waals surface area contributed by atoms with Gasteiger partial charge in [-0.3, -0.25) is 19.2 Å². The topological polar surface area (TPSA) is 76.5 Å². The van der Waals surface area contributed by atoms with Crippen LogP contribution in [0.5, 0.6) is 5.75 Å². The number of nitrogens with one attached hydrogen (secondary N) is 1. The lowest BCUT2D eigenvalue weighted by atomic mass is 9.92. The van der Waals surface area contributed by atoms with E-state index in [0.29, 0.717) is 22.8 Å². The molecule has 0 fully saturated rings. The average molecular weight is 495 g/mol.